The molecule has 0 N–H and O–H groups in total. The van der Waals surface area contributed by atoms with Crippen molar-refractivity contribution in [2.75, 3.05) is 21.3 Å². The van der Waals surface area contributed by atoms with E-state index in [1.165, 1.54) is 21.3 Å². The molecule has 71 heavy (non-hydrogen) atoms. The quantitative estimate of drug-likeness (QED) is 0.0312. The molecule has 6 rings (SSSR count). The molecule has 374 valence electrons. The van der Waals surface area contributed by atoms with E-state index in [-0.39, 0.29) is 72.5 Å². The highest BCUT2D eigenvalue weighted by molar-refractivity contribution is 7.49. The Morgan fingerprint density at radius 1 is 0.366 bits per heavy atom. The maximum absolute atomic E-state index is 16.0. The molecule has 20 heteroatoms. The number of benzene rings is 6. The van der Waals surface area contributed by atoms with E-state index in [1.807, 2.05) is 0 Å². The molecular formula is C51H54N3O16P. The zero-order valence-electron chi connectivity index (χ0n) is 40.7. The molecule has 0 amide bonds. The number of rotatable bonds is 24. The fraction of sp³-hybridized carbons (Fsp3) is 0.294. The summed E-state index contributed by atoms with van der Waals surface area (Å²) < 4.78 is 69.3. The van der Waals surface area contributed by atoms with Crippen molar-refractivity contribution in [3.8, 4) is 69.0 Å². The summed E-state index contributed by atoms with van der Waals surface area (Å²) in [5, 5.41) is 39.6. The molecule has 0 aliphatic heterocycles. The van der Waals surface area contributed by atoms with Crippen LogP contribution >= 0.6 is 7.82 Å². The van der Waals surface area contributed by atoms with E-state index in [9.17, 15) is 30.3 Å². The molecular weight excluding hydrogens is 942 g/mol. The average Bonchev–Trinajstić information content (AvgIpc) is 3.35. The minimum absolute atomic E-state index is 0.0490. The van der Waals surface area contributed by atoms with Gasteiger partial charge in [0.15, 0.2) is 0 Å². The predicted molar refractivity (Wildman–Crippen MR) is 264 cm³/mol. The van der Waals surface area contributed by atoms with Gasteiger partial charge < -0.3 is 42.0 Å². The Morgan fingerprint density at radius 2 is 0.577 bits per heavy atom. The van der Waals surface area contributed by atoms with Crippen LogP contribution in [-0.2, 0) is 43.1 Å². The van der Waals surface area contributed by atoms with Crippen molar-refractivity contribution in [3.63, 3.8) is 0 Å². The number of phosphoric acid groups is 1. The van der Waals surface area contributed by atoms with Gasteiger partial charge in [0, 0.05) is 51.6 Å². The van der Waals surface area contributed by atoms with E-state index in [1.54, 1.807) is 114 Å². The zero-order valence-corrected chi connectivity index (χ0v) is 41.6. The smallest absolute Gasteiger partial charge is 0.497 e. The first kappa shape index (κ1) is 52.3. The van der Waals surface area contributed by atoms with Crippen molar-refractivity contribution in [2.24, 2.45) is 0 Å². The number of methoxy groups -OCH3 is 3. The van der Waals surface area contributed by atoms with Gasteiger partial charge in [0.05, 0.1) is 36.1 Å². The maximum atomic E-state index is 16.0. The number of nitro benzene ring substituents is 3. The molecule has 0 aromatic heterocycles. The van der Waals surface area contributed by atoms with Gasteiger partial charge in [-0.2, -0.15) is 4.57 Å². The third-order valence-corrected chi connectivity index (χ3v) is 12.8. The van der Waals surface area contributed by atoms with E-state index < -0.39 is 56.9 Å². The van der Waals surface area contributed by atoms with Crippen molar-refractivity contribution in [2.45, 2.75) is 80.1 Å². The third kappa shape index (κ3) is 11.5. The number of nitrogens with zero attached hydrogens (tertiary/aromatic N) is 3. The summed E-state index contributed by atoms with van der Waals surface area (Å²) in [6, 6.07) is 22.9. The fourth-order valence-electron chi connectivity index (χ4n) is 8.26. The number of phosphoric ester groups is 1. The number of ether oxygens (including phenoxy) is 6. The molecule has 0 unspecified atom stereocenters. The third-order valence-electron chi connectivity index (χ3n) is 11.5. The van der Waals surface area contributed by atoms with Gasteiger partial charge in [0.1, 0.15) is 51.7 Å². The molecule has 0 aliphatic rings. The van der Waals surface area contributed by atoms with Crippen molar-refractivity contribution < 1.29 is 61.3 Å². The average molecular weight is 996 g/mol. The fourth-order valence-corrected chi connectivity index (χ4v) is 9.51. The highest BCUT2D eigenvalue weighted by Gasteiger charge is 2.44. The number of hydrogen-bond acceptors (Lipinski definition) is 16. The topological polar surface area (TPSA) is 230 Å². The van der Waals surface area contributed by atoms with E-state index in [0.717, 1.165) is 18.2 Å². The standard InChI is InChI=1S/C51H54N3O16P/c1-10-37-40(13-4)49(52(55)56)46(28-43(37)65-34-22-16-31(62-7)17-23-34)68-71(61,69-47-29-44(66-35-24-18-32(63-8)19-25-35)38(11-2)41(14-5)50(47)53(57)58)70-48-30-45(67-36-26-20-33(64-9)21-27-36)39(12-3)42(15-6)51(48)54(59)60/h16-30H,10-15H2,1-9H3. The molecule has 0 saturated carbocycles. The Labute approximate surface area is 410 Å². The van der Waals surface area contributed by atoms with Crippen LogP contribution in [0.5, 0.6) is 69.0 Å². The lowest BCUT2D eigenvalue weighted by Crippen LogP contribution is -2.14. The Morgan fingerprint density at radius 3 is 0.761 bits per heavy atom. The molecule has 0 fully saturated rings. The highest BCUT2D eigenvalue weighted by Crippen LogP contribution is 2.58. The van der Waals surface area contributed by atoms with Crippen LogP contribution in [0.15, 0.2) is 91.0 Å². The second-order valence-electron chi connectivity index (χ2n) is 15.5. The first-order valence-corrected chi connectivity index (χ1v) is 24.2. The molecule has 6 aromatic rings. The lowest BCUT2D eigenvalue weighted by Gasteiger charge is -2.24. The summed E-state index contributed by atoms with van der Waals surface area (Å²) >= 11 is 0. The second kappa shape index (κ2) is 23.0. The predicted octanol–water partition coefficient (Wildman–Crippen LogP) is 13.8. The first-order chi connectivity index (χ1) is 34.1. The second-order valence-corrected chi connectivity index (χ2v) is 16.9. The van der Waals surface area contributed by atoms with Crippen molar-refractivity contribution in [3.05, 3.63) is 155 Å². The van der Waals surface area contributed by atoms with Crippen LogP contribution in [0.3, 0.4) is 0 Å². The van der Waals surface area contributed by atoms with Crippen LogP contribution < -0.4 is 42.0 Å². The van der Waals surface area contributed by atoms with Gasteiger partial charge in [0.25, 0.3) is 0 Å². The van der Waals surface area contributed by atoms with Gasteiger partial charge in [-0.25, -0.2) is 0 Å². The number of hydrogen-bond donors (Lipinski definition) is 0. The van der Waals surface area contributed by atoms with Crippen molar-refractivity contribution >= 4 is 24.9 Å². The first-order valence-electron chi connectivity index (χ1n) is 22.7. The van der Waals surface area contributed by atoms with Gasteiger partial charge in [-0.15, -0.1) is 0 Å². The van der Waals surface area contributed by atoms with Gasteiger partial charge in [0.2, 0.25) is 17.2 Å². The van der Waals surface area contributed by atoms with Gasteiger partial charge in [-0.05, 0) is 111 Å². The molecule has 0 aliphatic carbocycles. The lowest BCUT2D eigenvalue weighted by molar-refractivity contribution is -0.386. The van der Waals surface area contributed by atoms with Crippen LogP contribution in [0.25, 0.3) is 0 Å². The van der Waals surface area contributed by atoms with Crippen molar-refractivity contribution in [1.82, 2.24) is 0 Å². The largest absolute Gasteiger partial charge is 0.647 e. The van der Waals surface area contributed by atoms with E-state index in [0.29, 0.717) is 51.2 Å². The monoisotopic (exact) mass is 995 g/mol. The zero-order chi connectivity index (χ0) is 51.6. The Hall–Kier alpha value is -8.05. The van der Waals surface area contributed by atoms with Crippen LogP contribution in [0, 0.1) is 30.3 Å². The summed E-state index contributed by atoms with van der Waals surface area (Å²) in [5.74, 6) is 0.547. The maximum Gasteiger partial charge on any atom is 0.647 e. The Bertz CT molecular complexity index is 2650. The molecule has 0 saturated heterocycles. The summed E-state index contributed by atoms with van der Waals surface area (Å²) in [6.45, 7) is 10.3. The number of nitro groups is 3. The van der Waals surface area contributed by atoms with Crippen LogP contribution in [0.2, 0.25) is 0 Å². The molecule has 0 atom stereocenters. The van der Waals surface area contributed by atoms with Gasteiger partial charge >= 0.3 is 24.9 Å². The highest BCUT2D eigenvalue weighted by atomic mass is 31.2. The summed E-state index contributed by atoms with van der Waals surface area (Å²) in [7, 11) is -1.23. The Balaban J connectivity index is 1.65. The Kier molecular flexibility index (Phi) is 17.0. The van der Waals surface area contributed by atoms with E-state index >= 15 is 4.57 Å². The van der Waals surface area contributed by atoms with Crippen molar-refractivity contribution in [1.29, 1.82) is 0 Å². The molecule has 0 radical (unpaired) electrons. The molecule has 0 spiro atoms. The van der Waals surface area contributed by atoms with Gasteiger partial charge in [-0.3, -0.25) is 30.3 Å². The van der Waals surface area contributed by atoms with Crippen LogP contribution in [-0.4, -0.2) is 36.1 Å². The SMILES string of the molecule is CCc1c(Oc2ccc(OC)cc2)cc(OP(=O)(Oc2cc(Oc3ccc(OC)cc3)c(CC)c(CC)c2[N+](=O)[O-])Oc2cc(Oc3ccc(OC)cc3)c(CC)c(CC)c2[N+](=O)[O-])c([N+](=O)[O-])c1CC. The minimum atomic E-state index is -5.72. The summed E-state index contributed by atoms with van der Waals surface area (Å²) in [4.78, 5) is 37.4. The van der Waals surface area contributed by atoms with E-state index in [4.69, 9.17) is 42.0 Å². The molecule has 0 heterocycles. The summed E-state index contributed by atoms with van der Waals surface area (Å²) in [5.41, 5.74) is -0.317. The van der Waals surface area contributed by atoms with E-state index in [2.05, 4.69) is 0 Å². The lowest BCUT2D eigenvalue weighted by atomic mass is 9.99. The summed E-state index contributed by atoms with van der Waals surface area (Å²) in [6.07, 6.45) is 0.855. The van der Waals surface area contributed by atoms with Crippen LogP contribution in [0.1, 0.15) is 74.9 Å². The molecule has 6 aromatic carbocycles. The normalized spacial score (nSPS) is 11.1. The minimum Gasteiger partial charge on any atom is -0.497 e. The molecule has 0 bridgehead atoms. The van der Waals surface area contributed by atoms with Crippen LogP contribution in [0.4, 0.5) is 17.1 Å². The van der Waals surface area contributed by atoms with Gasteiger partial charge in [-0.1, -0.05) is 41.5 Å². The molecule has 19 nitrogen and oxygen atoms in total.